The minimum Gasteiger partial charge on any atom is -0.345 e. The second kappa shape index (κ2) is 5.56. The van der Waals surface area contributed by atoms with Gasteiger partial charge in [-0.1, -0.05) is 6.92 Å². The van der Waals surface area contributed by atoms with Crippen molar-refractivity contribution in [2.24, 2.45) is 18.7 Å². The number of nitrogens with two attached hydrogens (primary N) is 1. The minimum absolute atomic E-state index is 0.0342. The summed E-state index contributed by atoms with van der Waals surface area (Å²) in [7, 11) is 1.86. The van der Waals surface area contributed by atoms with Gasteiger partial charge >= 0.3 is 0 Å². The summed E-state index contributed by atoms with van der Waals surface area (Å²) in [5.74, 6) is 0.696. The van der Waals surface area contributed by atoms with Crippen LogP contribution in [0.3, 0.4) is 0 Å². The number of amides is 1. The van der Waals surface area contributed by atoms with E-state index in [1.54, 1.807) is 4.68 Å². The maximum atomic E-state index is 12.6. The number of carbonyl (C=O) groups is 1. The first-order chi connectivity index (χ1) is 9.38. The second-order valence-electron chi connectivity index (χ2n) is 6.29. The van der Waals surface area contributed by atoms with Crippen molar-refractivity contribution in [1.29, 1.82) is 0 Å². The van der Waals surface area contributed by atoms with E-state index in [1.165, 1.54) is 0 Å². The molecule has 2 rings (SSSR count). The van der Waals surface area contributed by atoms with Crippen LogP contribution in [-0.4, -0.2) is 27.8 Å². The minimum atomic E-state index is -0.238. The van der Waals surface area contributed by atoms with Gasteiger partial charge in [0.15, 0.2) is 0 Å². The Morgan fingerprint density at radius 1 is 1.45 bits per heavy atom. The van der Waals surface area contributed by atoms with E-state index in [2.05, 4.69) is 17.3 Å². The Kier molecular flexibility index (Phi) is 4.18. The maximum absolute atomic E-state index is 12.6. The molecule has 0 unspecified atom stereocenters. The van der Waals surface area contributed by atoms with Gasteiger partial charge in [0.25, 0.3) is 5.91 Å². The summed E-state index contributed by atoms with van der Waals surface area (Å²) >= 11 is 0. The van der Waals surface area contributed by atoms with Crippen LogP contribution in [0.2, 0.25) is 0 Å². The highest BCUT2D eigenvalue weighted by Crippen LogP contribution is 2.31. The monoisotopic (exact) mass is 278 g/mol. The molecular weight excluding hydrogens is 252 g/mol. The van der Waals surface area contributed by atoms with Gasteiger partial charge in [-0.2, -0.15) is 5.10 Å². The molecule has 112 valence electrons. The smallest absolute Gasteiger partial charge is 0.255 e. The first-order valence-electron chi connectivity index (χ1n) is 7.41. The summed E-state index contributed by atoms with van der Waals surface area (Å²) < 4.78 is 1.75. The summed E-state index contributed by atoms with van der Waals surface area (Å²) in [4.78, 5) is 12.6. The predicted molar refractivity (Wildman–Crippen MR) is 79.6 cm³/mol. The van der Waals surface area contributed by atoms with Crippen LogP contribution in [0.4, 0.5) is 0 Å². The van der Waals surface area contributed by atoms with Gasteiger partial charge in [-0.3, -0.25) is 9.48 Å². The molecule has 0 atom stereocenters. The van der Waals surface area contributed by atoms with Crippen molar-refractivity contribution in [3.63, 3.8) is 0 Å². The normalized spacial score (nSPS) is 26.6. The summed E-state index contributed by atoms with van der Waals surface area (Å²) in [6.45, 7) is 6.56. The largest absolute Gasteiger partial charge is 0.345 e. The molecule has 1 aliphatic rings. The zero-order valence-electron chi connectivity index (χ0n) is 13.0. The van der Waals surface area contributed by atoms with Crippen molar-refractivity contribution in [3.05, 3.63) is 17.0 Å². The summed E-state index contributed by atoms with van der Waals surface area (Å²) in [5, 5.41) is 7.51. The van der Waals surface area contributed by atoms with Crippen LogP contribution in [0, 0.1) is 19.8 Å². The lowest BCUT2D eigenvalue weighted by atomic mass is 9.77. The zero-order valence-corrected chi connectivity index (χ0v) is 13.0. The number of hydrogen-bond donors (Lipinski definition) is 2. The molecule has 1 aliphatic carbocycles. The van der Waals surface area contributed by atoms with Crippen LogP contribution in [0.15, 0.2) is 0 Å². The molecule has 1 aromatic rings. The molecule has 5 heteroatoms. The van der Waals surface area contributed by atoms with Crippen molar-refractivity contribution >= 4 is 5.91 Å². The molecule has 3 N–H and O–H groups in total. The van der Waals surface area contributed by atoms with Crippen molar-refractivity contribution in [1.82, 2.24) is 15.1 Å². The summed E-state index contributed by atoms with van der Waals surface area (Å²) in [6, 6.07) is 0. The Labute approximate surface area is 120 Å². The van der Waals surface area contributed by atoms with Crippen molar-refractivity contribution in [2.75, 3.05) is 6.54 Å². The van der Waals surface area contributed by atoms with Gasteiger partial charge in [0.05, 0.1) is 16.8 Å². The van der Waals surface area contributed by atoms with E-state index in [-0.39, 0.29) is 11.4 Å². The quantitative estimate of drug-likeness (QED) is 0.883. The lowest BCUT2D eigenvalue weighted by Crippen LogP contribution is -2.55. The third-order valence-electron chi connectivity index (χ3n) is 4.74. The van der Waals surface area contributed by atoms with E-state index in [0.29, 0.717) is 12.1 Å². The fourth-order valence-corrected chi connectivity index (χ4v) is 3.10. The molecule has 0 aromatic carbocycles. The molecule has 1 saturated carbocycles. The molecule has 20 heavy (non-hydrogen) atoms. The topological polar surface area (TPSA) is 72.9 Å². The highest BCUT2D eigenvalue weighted by molar-refractivity contribution is 5.96. The Morgan fingerprint density at radius 2 is 2.05 bits per heavy atom. The number of aryl methyl sites for hydroxylation is 2. The van der Waals surface area contributed by atoms with E-state index < -0.39 is 0 Å². The van der Waals surface area contributed by atoms with Crippen LogP contribution in [0.1, 0.15) is 54.4 Å². The molecule has 1 aromatic heterocycles. The molecule has 1 heterocycles. The van der Waals surface area contributed by atoms with E-state index in [9.17, 15) is 4.79 Å². The number of nitrogens with one attached hydrogen (secondary N) is 1. The van der Waals surface area contributed by atoms with Gasteiger partial charge in [-0.05, 0) is 45.4 Å². The number of carbonyl (C=O) groups excluding carboxylic acids is 1. The Bertz CT molecular complexity index is 498. The van der Waals surface area contributed by atoms with E-state index in [4.69, 9.17) is 5.73 Å². The lowest BCUT2D eigenvalue weighted by Gasteiger charge is -2.39. The van der Waals surface area contributed by atoms with Crippen LogP contribution in [0.5, 0.6) is 0 Å². The van der Waals surface area contributed by atoms with E-state index >= 15 is 0 Å². The van der Waals surface area contributed by atoms with Crippen molar-refractivity contribution < 1.29 is 4.79 Å². The van der Waals surface area contributed by atoms with Gasteiger partial charge in [0.2, 0.25) is 0 Å². The lowest BCUT2D eigenvalue weighted by molar-refractivity contribution is 0.0858. The summed E-state index contributed by atoms with van der Waals surface area (Å²) in [5.41, 5.74) is 8.09. The Morgan fingerprint density at radius 3 is 2.50 bits per heavy atom. The SMILES string of the molecule is Cc1nn(C)c(C)c1C(=O)NC1(CN)CCC(C)CC1. The molecule has 0 saturated heterocycles. The second-order valence-corrected chi connectivity index (χ2v) is 6.29. The van der Waals surface area contributed by atoms with Crippen LogP contribution < -0.4 is 11.1 Å². The highest BCUT2D eigenvalue weighted by atomic mass is 16.1. The van der Waals surface area contributed by atoms with Crippen molar-refractivity contribution in [3.8, 4) is 0 Å². The highest BCUT2D eigenvalue weighted by Gasteiger charge is 2.35. The number of aromatic nitrogens is 2. The van der Waals surface area contributed by atoms with Gasteiger partial charge in [-0.15, -0.1) is 0 Å². The molecule has 0 radical (unpaired) electrons. The van der Waals surface area contributed by atoms with Gasteiger partial charge in [0, 0.05) is 19.3 Å². The molecule has 5 nitrogen and oxygen atoms in total. The van der Waals surface area contributed by atoms with Gasteiger partial charge in [-0.25, -0.2) is 0 Å². The fourth-order valence-electron chi connectivity index (χ4n) is 3.10. The van der Waals surface area contributed by atoms with Crippen LogP contribution >= 0.6 is 0 Å². The first kappa shape index (κ1) is 15.0. The molecule has 1 fully saturated rings. The van der Waals surface area contributed by atoms with Crippen LogP contribution in [-0.2, 0) is 7.05 Å². The zero-order chi connectivity index (χ0) is 14.9. The van der Waals surface area contributed by atoms with E-state index in [0.717, 1.165) is 43.0 Å². The number of rotatable bonds is 3. The fraction of sp³-hybridized carbons (Fsp3) is 0.733. The van der Waals surface area contributed by atoms with E-state index in [1.807, 2.05) is 20.9 Å². The Balaban J connectivity index is 2.17. The first-order valence-corrected chi connectivity index (χ1v) is 7.41. The number of nitrogens with zero attached hydrogens (tertiary/aromatic N) is 2. The average Bonchev–Trinajstić information content (AvgIpc) is 2.66. The molecular formula is C15H26N4O. The molecule has 1 amide bonds. The van der Waals surface area contributed by atoms with Gasteiger partial charge < -0.3 is 11.1 Å². The summed E-state index contributed by atoms with van der Waals surface area (Å²) in [6.07, 6.45) is 4.19. The molecule has 0 spiro atoms. The van der Waals surface area contributed by atoms with Crippen LogP contribution in [0.25, 0.3) is 0 Å². The predicted octanol–water partition coefficient (Wildman–Crippen LogP) is 1.67. The Hall–Kier alpha value is -1.36. The third-order valence-corrected chi connectivity index (χ3v) is 4.74. The molecule has 0 aliphatic heterocycles. The van der Waals surface area contributed by atoms with Crippen molar-refractivity contribution in [2.45, 2.75) is 52.0 Å². The number of hydrogen-bond acceptors (Lipinski definition) is 3. The average molecular weight is 278 g/mol. The molecule has 0 bridgehead atoms. The third kappa shape index (κ3) is 2.73. The van der Waals surface area contributed by atoms with Gasteiger partial charge in [0.1, 0.15) is 0 Å². The standard InChI is InChI=1S/C15H26N4O/c1-10-5-7-15(9-16,8-6-10)17-14(20)13-11(2)18-19(4)12(13)3/h10H,5-9,16H2,1-4H3,(H,17,20). The maximum Gasteiger partial charge on any atom is 0.255 e.